The normalized spacial score (nSPS) is 21.7. The molecule has 0 aromatic heterocycles. The fourth-order valence-corrected chi connectivity index (χ4v) is 2.23. The van der Waals surface area contributed by atoms with Crippen LogP contribution in [0.25, 0.3) is 0 Å². The van der Waals surface area contributed by atoms with Crippen molar-refractivity contribution in [2.45, 2.75) is 45.2 Å². The maximum atomic E-state index is 11.7. The van der Waals surface area contributed by atoms with Crippen LogP contribution in [0.4, 0.5) is 4.79 Å². The number of rotatable bonds is 5. The van der Waals surface area contributed by atoms with Crippen LogP contribution in [-0.2, 0) is 4.79 Å². The lowest BCUT2D eigenvalue weighted by Crippen LogP contribution is -2.51. The molecule has 3 N–H and O–H groups in total. The van der Waals surface area contributed by atoms with E-state index in [0.717, 1.165) is 19.5 Å². The molecule has 1 aliphatic heterocycles. The van der Waals surface area contributed by atoms with Gasteiger partial charge in [-0.25, -0.2) is 4.79 Å². The minimum Gasteiger partial charge on any atom is -0.338 e. The molecular weight excluding hydrogens is 244 g/mol. The second-order valence-electron chi connectivity index (χ2n) is 5.11. The summed E-state index contributed by atoms with van der Waals surface area (Å²) >= 11 is 0. The first kappa shape index (κ1) is 15.9. The highest BCUT2D eigenvalue weighted by atomic mass is 16.2. The lowest BCUT2D eigenvalue weighted by molar-refractivity contribution is -0.121. The van der Waals surface area contributed by atoms with E-state index < -0.39 is 6.03 Å². The molecule has 0 spiro atoms. The Balaban J connectivity index is 2.27. The van der Waals surface area contributed by atoms with E-state index >= 15 is 0 Å². The first-order valence-corrected chi connectivity index (χ1v) is 7.07. The molecule has 0 saturated carbocycles. The summed E-state index contributed by atoms with van der Waals surface area (Å²) < 4.78 is 0. The molecule has 6 heteroatoms. The number of hydrogen-bond donors (Lipinski definition) is 3. The van der Waals surface area contributed by atoms with Crippen molar-refractivity contribution in [2.75, 3.05) is 26.7 Å². The Bertz CT molecular complexity index is 309. The van der Waals surface area contributed by atoms with Gasteiger partial charge >= 0.3 is 6.03 Å². The van der Waals surface area contributed by atoms with E-state index in [0.29, 0.717) is 12.6 Å². The van der Waals surface area contributed by atoms with Crippen molar-refractivity contribution >= 4 is 11.9 Å². The van der Waals surface area contributed by atoms with Crippen LogP contribution in [0, 0.1) is 0 Å². The Kier molecular flexibility index (Phi) is 6.80. The fraction of sp³-hybridized carbons (Fsp3) is 0.846. The Morgan fingerprint density at radius 2 is 2.11 bits per heavy atom. The van der Waals surface area contributed by atoms with Crippen molar-refractivity contribution in [3.05, 3.63) is 0 Å². The van der Waals surface area contributed by atoms with Gasteiger partial charge in [-0.2, -0.15) is 0 Å². The number of likely N-dealkylation sites (N-methyl/N-ethyl adjacent to an activating group) is 1. The fourth-order valence-electron chi connectivity index (χ4n) is 2.23. The van der Waals surface area contributed by atoms with Crippen LogP contribution >= 0.6 is 0 Å². The molecule has 0 bridgehead atoms. The van der Waals surface area contributed by atoms with Gasteiger partial charge in [-0.1, -0.05) is 6.42 Å². The summed E-state index contributed by atoms with van der Waals surface area (Å²) in [7, 11) is 2.12. The smallest absolute Gasteiger partial charge is 0.321 e. The van der Waals surface area contributed by atoms with Crippen molar-refractivity contribution in [3.63, 3.8) is 0 Å². The summed E-state index contributed by atoms with van der Waals surface area (Å²) in [5, 5.41) is 8.05. The van der Waals surface area contributed by atoms with E-state index in [1.54, 1.807) is 6.92 Å². The van der Waals surface area contributed by atoms with E-state index in [1.807, 2.05) is 6.92 Å². The Morgan fingerprint density at radius 3 is 2.74 bits per heavy atom. The number of nitrogens with zero attached hydrogens (tertiary/aromatic N) is 1. The van der Waals surface area contributed by atoms with Crippen molar-refractivity contribution in [1.29, 1.82) is 0 Å². The number of hydrogen-bond acceptors (Lipinski definition) is 4. The predicted octanol–water partition coefficient (Wildman–Crippen LogP) is 0.295. The number of amides is 3. The Hall–Kier alpha value is -1.14. The van der Waals surface area contributed by atoms with Gasteiger partial charge in [0, 0.05) is 19.1 Å². The van der Waals surface area contributed by atoms with Crippen molar-refractivity contribution in [2.24, 2.45) is 0 Å². The maximum absolute atomic E-state index is 11.7. The van der Waals surface area contributed by atoms with Gasteiger partial charge in [-0.05, 0) is 40.3 Å². The highest BCUT2D eigenvalue weighted by Crippen LogP contribution is 2.14. The number of carbonyl (C=O) groups excluding carboxylic acids is 2. The van der Waals surface area contributed by atoms with Crippen LogP contribution < -0.4 is 16.0 Å². The zero-order valence-electron chi connectivity index (χ0n) is 12.2. The van der Waals surface area contributed by atoms with E-state index in [2.05, 4.69) is 27.9 Å². The number of nitrogens with one attached hydrogen (secondary N) is 3. The van der Waals surface area contributed by atoms with E-state index in [9.17, 15) is 9.59 Å². The molecular formula is C13H26N4O2. The van der Waals surface area contributed by atoms with E-state index in [1.165, 1.54) is 12.8 Å². The standard InChI is InChI=1S/C13H26N4O2/c1-4-14-13(19)16-12(18)10(2)15-9-11-7-5-6-8-17(11)3/h10-11,15H,4-9H2,1-3H3,(H2,14,16,18,19). The minimum absolute atomic E-state index is 0.288. The van der Waals surface area contributed by atoms with Gasteiger partial charge in [-0.3, -0.25) is 10.1 Å². The van der Waals surface area contributed by atoms with Crippen molar-refractivity contribution in [1.82, 2.24) is 20.9 Å². The van der Waals surface area contributed by atoms with Gasteiger partial charge in [0.2, 0.25) is 5.91 Å². The Morgan fingerprint density at radius 1 is 1.37 bits per heavy atom. The van der Waals surface area contributed by atoms with Crippen LogP contribution in [0.1, 0.15) is 33.1 Å². The number of carbonyl (C=O) groups is 2. The Labute approximate surface area is 115 Å². The van der Waals surface area contributed by atoms with Crippen LogP contribution in [0.2, 0.25) is 0 Å². The minimum atomic E-state index is -0.434. The first-order valence-electron chi connectivity index (χ1n) is 7.07. The lowest BCUT2D eigenvalue weighted by atomic mass is 10.0. The molecule has 19 heavy (non-hydrogen) atoms. The highest BCUT2D eigenvalue weighted by molar-refractivity contribution is 5.96. The number of urea groups is 1. The molecule has 1 heterocycles. The lowest BCUT2D eigenvalue weighted by Gasteiger charge is -2.33. The van der Waals surface area contributed by atoms with Crippen LogP contribution in [0.15, 0.2) is 0 Å². The second kappa shape index (κ2) is 8.12. The number of likely N-dealkylation sites (tertiary alicyclic amines) is 1. The van der Waals surface area contributed by atoms with Crippen molar-refractivity contribution in [3.8, 4) is 0 Å². The molecule has 2 atom stereocenters. The second-order valence-corrected chi connectivity index (χ2v) is 5.11. The molecule has 0 aromatic rings. The molecule has 0 radical (unpaired) electrons. The summed E-state index contributed by atoms with van der Waals surface area (Å²) in [6, 6.07) is -0.317. The third kappa shape index (κ3) is 5.57. The van der Waals surface area contributed by atoms with Gasteiger partial charge in [0.15, 0.2) is 0 Å². The molecule has 0 aromatic carbocycles. The van der Waals surface area contributed by atoms with Crippen molar-refractivity contribution < 1.29 is 9.59 Å². The van der Waals surface area contributed by atoms with Crippen LogP contribution in [0.5, 0.6) is 0 Å². The summed E-state index contributed by atoms with van der Waals surface area (Å²) in [6.07, 6.45) is 3.66. The average Bonchev–Trinajstić information content (AvgIpc) is 2.37. The first-order chi connectivity index (χ1) is 9.04. The summed E-state index contributed by atoms with van der Waals surface area (Å²) in [4.78, 5) is 25.3. The molecule has 1 saturated heterocycles. The molecule has 1 rings (SSSR count). The van der Waals surface area contributed by atoms with Gasteiger partial charge < -0.3 is 15.5 Å². The van der Waals surface area contributed by atoms with Crippen LogP contribution in [-0.4, -0.2) is 55.6 Å². The molecule has 0 aliphatic carbocycles. The summed E-state index contributed by atoms with van der Waals surface area (Å²) in [5.74, 6) is -0.288. The monoisotopic (exact) mass is 270 g/mol. The molecule has 1 fully saturated rings. The molecule has 6 nitrogen and oxygen atoms in total. The molecule has 2 unspecified atom stereocenters. The van der Waals surface area contributed by atoms with Gasteiger partial charge in [0.1, 0.15) is 0 Å². The summed E-state index contributed by atoms with van der Waals surface area (Å²) in [6.45, 7) is 5.99. The SMILES string of the molecule is CCNC(=O)NC(=O)C(C)NCC1CCCCN1C. The topological polar surface area (TPSA) is 73.5 Å². The van der Waals surface area contributed by atoms with E-state index in [4.69, 9.17) is 0 Å². The molecule has 1 aliphatic rings. The third-order valence-electron chi connectivity index (χ3n) is 3.55. The van der Waals surface area contributed by atoms with Gasteiger partial charge in [-0.15, -0.1) is 0 Å². The molecule has 3 amide bonds. The highest BCUT2D eigenvalue weighted by Gasteiger charge is 2.21. The largest absolute Gasteiger partial charge is 0.338 e. The summed E-state index contributed by atoms with van der Waals surface area (Å²) in [5.41, 5.74) is 0. The van der Waals surface area contributed by atoms with Gasteiger partial charge in [0.25, 0.3) is 0 Å². The van der Waals surface area contributed by atoms with Crippen LogP contribution in [0.3, 0.4) is 0 Å². The number of piperidine rings is 1. The predicted molar refractivity (Wildman–Crippen MR) is 74.9 cm³/mol. The van der Waals surface area contributed by atoms with E-state index in [-0.39, 0.29) is 11.9 Å². The third-order valence-corrected chi connectivity index (χ3v) is 3.55. The zero-order valence-corrected chi connectivity index (χ0v) is 12.2. The number of imide groups is 1. The molecule has 110 valence electrons. The maximum Gasteiger partial charge on any atom is 0.321 e. The quantitative estimate of drug-likeness (QED) is 0.671. The van der Waals surface area contributed by atoms with Gasteiger partial charge in [0.05, 0.1) is 6.04 Å². The average molecular weight is 270 g/mol. The zero-order chi connectivity index (χ0) is 14.3.